The molecule has 1 aromatic heterocycles. The summed E-state index contributed by atoms with van der Waals surface area (Å²) in [5.41, 5.74) is 5.30. The van der Waals surface area contributed by atoms with Crippen molar-refractivity contribution >= 4 is 5.97 Å². The van der Waals surface area contributed by atoms with Crippen molar-refractivity contribution in [2.45, 2.75) is 34.6 Å². The highest BCUT2D eigenvalue weighted by molar-refractivity contribution is 5.96. The third kappa shape index (κ3) is 2.41. The Labute approximate surface area is 118 Å². The van der Waals surface area contributed by atoms with Gasteiger partial charge in [-0.2, -0.15) is 0 Å². The van der Waals surface area contributed by atoms with Crippen LogP contribution in [0.5, 0.6) is 0 Å². The van der Waals surface area contributed by atoms with Gasteiger partial charge in [-0.3, -0.25) is 0 Å². The van der Waals surface area contributed by atoms with Gasteiger partial charge in [0.25, 0.3) is 0 Å². The highest BCUT2D eigenvalue weighted by atomic mass is 16.4. The number of carbonyl (C=O) groups is 1. The topological polar surface area (TPSA) is 63.1 Å². The minimum Gasteiger partial charge on any atom is -0.478 e. The fourth-order valence-corrected chi connectivity index (χ4v) is 2.70. The molecule has 0 aliphatic rings. The molecule has 0 spiro atoms. The fourth-order valence-electron chi connectivity index (χ4n) is 2.70. The minimum atomic E-state index is -0.989. The molecule has 0 atom stereocenters. The first-order chi connectivity index (χ1) is 9.31. The molecular formula is C16H18N2O2. The molecule has 4 nitrogen and oxygen atoms in total. The third-order valence-electron chi connectivity index (χ3n) is 3.33. The first kappa shape index (κ1) is 14.2. The predicted molar refractivity (Wildman–Crippen MR) is 78.1 cm³/mol. The summed E-state index contributed by atoms with van der Waals surface area (Å²) in [6.45, 7) is 9.47. The molecule has 0 fully saturated rings. The van der Waals surface area contributed by atoms with E-state index in [0.29, 0.717) is 17.2 Å². The number of carboxylic acids is 1. The first-order valence-corrected chi connectivity index (χ1v) is 6.48. The maximum absolute atomic E-state index is 11.5. The lowest BCUT2D eigenvalue weighted by Gasteiger charge is -2.14. The van der Waals surface area contributed by atoms with Gasteiger partial charge < -0.3 is 5.11 Å². The second-order valence-electron chi connectivity index (χ2n) is 5.16. The van der Waals surface area contributed by atoms with Crippen molar-refractivity contribution in [2.24, 2.45) is 0 Å². The highest BCUT2D eigenvalue weighted by Gasteiger charge is 2.20. The molecule has 4 heteroatoms. The van der Waals surface area contributed by atoms with Gasteiger partial charge in [-0.25, -0.2) is 14.8 Å². The Morgan fingerprint density at radius 2 is 1.55 bits per heavy atom. The van der Waals surface area contributed by atoms with E-state index in [2.05, 4.69) is 9.97 Å². The Morgan fingerprint density at radius 1 is 1.00 bits per heavy atom. The van der Waals surface area contributed by atoms with Gasteiger partial charge in [-0.15, -0.1) is 0 Å². The SMILES string of the molecule is Cc1cc(C)c(-c2nc(C)nc(C)c2C(=O)O)c(C)c1. The van der Waals surface area contributed by atoms with Crippen LogP contribution in [-0.2, 0) is 0 Å². The summed E-state index contributed by atoms with van der Waals surface area (Å²) in [5.74, 6) is -0.404. The maximum Gasteiger partial charge on any atom is 0.339 e. The Balaban J connectivity index is 2.86. The fraction of sp³-hybridized carbons (Fsp3) is 0.312. The Morgan fingerprint density at radius 3 is 2.05 bits per heavy atom. The number of hydrogen-bond donors (Lipinski definition) is 1. The van der Waals surface area contributed by atoms with Gasteiger partial charge >= 0.3 is 5.97 Å². The van der Waals surface area contributed by atoms with E-state index in [1.54, 1.807) is 13.8 Å². The molecule has 0 unspecified atom stereocenters. The van der Waals surface area contributed by atoms with Crippen molar-refractivity contribution in [3.8, 4) is 11.3 Å². The van der Waals surface area contributed by atoms with Gasteiger partial charge in [-0.1, -0.05) is 17.7 Å². The number of benzene rings is 1. The van der Waals surface area contributed by atoms with Crippen molar-refractivity contribution in [1.29, 1.82) is 0 Å². The lowest BCUT2D eigenvalue weighted by atomic mass is 9.94. The number of rotatable bonds is 2. The van der Waals surface area contributed by atoms with Crippen LogP contribution in [0.3, 0.4) is 0 Å². The van der Waals surface area contributed by atoms with E-state index >= 15 is 0 Å². The zero-order valence-corrected chi connectivity index (χ0v) is 12.4. The second kappa shape index (κ2) is 5.04. The van der Waals surface area contributed by atoms with Gasteiger partial charge in [0.05, 0.1) is 11.4 Å². The van der Waals surface area contributed by atoms with E-state index in [0.717, 1.165) is 22.3 Å². The Bertz CT molecular complexity index is 683. The monoisotopic (exact) mass is 270 g/mol. The number of aryl methyl sites for hydroxylation is 5. The summed E-state index contributed by atoms with van der Waals surface area (Å²) in [7, 11) is 0. The molecule has 0 aliphatic carbocycles. The maximum atomic E-state index is 11.5. The molecule has 0 saturated carbocycles. The van der Waals surface area contributed by atoms with E-state index in [1.807, 2.05) is 32.9 Å². The number of carboxylic acid groups (broad SMARTS) is 1. The van der Waals surface area contributed by atoms with Crippen LogP contribution in [0.15, 0.2) is 12.1 Å². The zero-order chi connectivity index (χ0) is 15.0. The van der Waals surface area contributed by atoms with Crippen LogP contribution in [0.25, 0.3) is 11.3 Å². The van der Waals surface area contributed by atoms with Gasteiger partial charge in [0.2, 0.25) is 0 Å². The smallest absolute Gasteiger partial charge is 0.339 e. The molecule has 1 aromatic carbocycles. The summed E-state index contributed by atoms with van der Waals surface area (Å²) in [4.78, 5) is 20.1. The molecule has 20 heavy (non-hydrogen) atoms. The molecule has 2 rings (SSSR count). The molecule has 1 heterocycles. The summed E-state index contributed by atoms with van der Waals surface area (Å²) < 4.78 is 0. The van der Waals surface area contributed by atoms with E-state index in [-0.39, 0.29) is 5.56 Å². The molecule has 2 aromatic rings. The van der Waals surface area contributed by atoms with Crippen molar-refractivity contribution < 1.29 is 9.90 Å². The van der Waals surface area contributed by atoms with Gasteiger partial charge in [0.1, 0.15) is 11.4 Å². The summed E-state index contributed by atoms with van der Waals surface area (Å²) in [5, 5.41) is 9.46. The normalized spacial score (nSPS) is 10.7. The van der Waals surface area contributed by atoms with Crippen LogP contribution in [0.1, 0.15) is 38.6 Å². The molecule has 0 saturated heterocycles. The summed E-state index contributed by atoms with van der Waals surface area (Å²) in [6.07, 6.45) is 0. The van der Waals surface area contributed by atoms with Crippen molar-refractivity contribution in [3.05, 3.63) is 45.9 Å². The quantitative estimate of drug-likeness (QED) is 0.908. The van der Waals surface area contributed by atoms with Crippen molar-refractivity contribution in [1.82, 2.24) is 9.97 Å². The Kier molecular flexibility index (Phi) is 3.57. The standard InChI is InChI=1S/C16H18N2O2/c1-8-6-9(2)13(10(3)7-8)15-14(16(19)20)11(4)17-12(5)18-15/h6-7H,1-5H3,(H,19,20). The van der Waals surface area contributed by atoms with Crippen LogP contribution in [0.2, 0.25) is 0 Å². The molecule has 104 valence electrons. The first-order valence-electron chi connectivity index (χ1n) is 6.48. The molecule has 0 amide bonds. The van der Waals surface area contributed by atoms with Crippen LogP contribution in [-0.4, -0.2) is 21.0 Å². The van der Waals surface area contributed by atoms with Crippen LogP contribution in [0, 0.1) is 34.6 Å². The molecule has 1 N–H and O–H groups in total. The average Bonchev–Trinajstić information content (AvgIpc) is 2.25. The van der Waals surface area contributed by atoms with E-state index in [9.17, 15) is 9.90 Å². The molecule has 0 bridgehead atoms. The Hall–Kier alpha value is -2.23. The highest BCUT2D eigenvalue weighted by Crippen LogP contribution is 2.30. The largest absolute Gasteiger partial charge is 0.478 e. The molecule has 0 radical (unpaired) electrons. The molecular weight excluding hydrogens is 252 g/mol. The minimum absolute atomic E-state index is 0.186. The van der Waals surface area contributed by atoms with Crippen molar-refractivity contribution in [3.63, 3.8) is 0 Å². The van der Waals surface area contributed by atoms with Crippen LogP contribution in [0.4, 0.5) is 0 Å². The van der Waals surface area contributed by atoms with E-state index in [4.69, 9.17) is 0 Å². The number of aromatic carboxylic acids is 1. The van der Waals surface area contributed by atoms with E-state index < -0.39 is 5.97 Å². The van der Waals surface area contributed by atoms with Gasteiger partial charge in [0, 0.05) is 5.56 Å². The number of nitrogens with zero attached hydrogens (tertiary/aromatic N) is 2. The zero-order valence-electron chi connectivity index (χ0n) is 12.4. The van der Waals surface area contributed by atoms with Gasteiger partial charge in [0.15, 0.2) is 0 Å². The summed E-state index contributed by atoms with van der Waals surface area (Å²) in [6, 6.07) is 4.08. The third-order valence-corrected chi connectivity index (χ3v) is 3.33. The number of aromatic nitrogens is 2. The predicted octanol–water partition coefficient (Wildman–Crippen LogP) is 3.38. The molecule has 0 aliphatic heterocycles. The van der Waals surface area contributed by atoms with Crippen molar-refractivity contribution in [2.75, 3.05) is 0 Å². The van der Waals surface area contributed by atoms with Crippen LogP contribution >= 0.6 is 0 Å². The van der Waals surface area contributed by atoms with Crippen LogP contribution < -0.4 is 0 Å². The average molecular weight is 270 g/mol. The van der Waals surface area contributed by atoms with Gasteiger partial charge in [-0.05, 0) is 45.7 Å². The lowest BCUT2D eigenvalue weighted by Crippen LogP contribution is -2.10. The second-order valence-corrected chi connectivity index (χ2v) is 5.16. The van der Waals surface area contributed by atoms with E-state index in [1.165, 1.54) is 0 Å². The summed E-state index contributed by atoms with van der Waals surface area (Å²) >= 11 is 0. The lowest BCUT2D eigenvalue weighted by molar-refractivity contribution is 0.0696. The number of hydrogen-bond acceptors (Lipinski definition) is 3.